The number of hydrogen-bond acceptors (Lipinski definition) is 2. The molecule has 1 aliphatic carbocycles. The number of phenolic OH excluding ortho intramolecular Hbond substituents is 2. The van der Waals surface area contributed by atoms with E-state index in [4.69, 9.17) is 0 Å². The molecule has 1 aliphatic rings. The van der Waals surface area contributed by atoms with E-state index in [1.165, 1.54) is 18.6 Å². The molecule has 2 nitrogen and oxygen atoms in total. The SMILES string of the molecule is Oc1cc(C=Cc2cc(F)cc(F)c2)cc(O)c1C1CCCCC1. The predicted octanol–water partition coefficient (Wildman–Crippen LogP) is 5.59. The fraction of sp³-hybridized carbons (Fsp3) is 0.300. The summed E-state index contributed by atoms with van der Waals surface area (Å²) in [5, 5.41) is 20.6. The van der Waals surface area contributed by atoms with E-state index >= 15 is 0 Å². The van der Waals surface area contributed by atoms with Gasteiger partial charge < -0.3 is 10.2 Å². The van der Waals surface area contributed by atoms with Crippen molar-refractivity contribution in [1.82, 2.24) is 0 Å². The van der Waals surface area contributed by atoms with Crippen molar-refractivity contribution >= 4 is 12.2 Å². The average Bonchev–Trinajstić information content (AvgIpc) is 2.52. The van der Waals surface area contributed by atoms with Gasteiger partial charge in [-0.2, -0.15) is 0 Å². The number of rotatable bonds is 3. The van der Waals surface area contributed by atoms with Gasteiger partial charge in [-0.05, 0) is 54.2 Å². The average molecular weight is 330 g/mol. The van der Waals surface area contributed by atoms with Gasteiger partial charge in [-0.15, -0.1) is 0 Å². The van der Waals surface area contributed by atoms with Gasteiger partial charge in [-0.1, -0.05) is 31.4 Å². The number of phenols is 2. The minimum Gasteiger partial charge on any atom is -0.507 e. The zero-order chi connectivity index (χ0) is 17.1. The molecule has 0 heterocycles. The first kappa shape index (κ1) is 16.5. The summed E-state index contributed by atoms with van der Waals surface area (Å²) in [6, 6.07) is 6.41. The molecule has 0 atom stereocenters. The lowest BCUT2D eigenvalue weighted by Crippen LogP contribution is -2.05. The zero-order valence-corrected chi connectivity index (χ0v) is 13.3. The molecule has 1 saturated carbocycles. The molecule has 2 aromatic rings. The molecule has 3 rings (SSSR count). The Morgan fingerprint density at radius 3 is 1.79 bits per heavy atom. The number of aromatic hydroxyl groups is 2. The van der Waals surface area contributed by atoms with Crippen molar-refractivity contribution in [3.8, 4) is 11.5 Å². The van der Waals surface area contributed by atoms with Gasteiger partial charge >= 0.3 is 0 Å². The first-order valence-electron chi connectivity index (χ1n) is 8.23. The molecule has 0 spiro atoms. The van der Waals surface area contributed by atoms with Gasteiger partial charge in [0.25, 0.3) is 0 Å². The minimum absolute atomic E-state index is 0.0759. The van der Waals surface area contributed by atoms with E-state index in [2.05, 4.69) is 0 Å². The van der Waals surface area contributed by atoms with E-state index in [1.54, 1.807) is 24.3 Å². The van der Waals surface area contributed by atoms with E-state index in [0.717, 1.165) is 31.7 Å². The highest BCUT2D eigenvalue weighted by molar-refractivity contribution is 5.71. The van der Waals surface area contributed by atoms with E-state index in [9.17, 15) is 19.0 Å². The van der Waals surface area contributed by atoms with Crippen molar-refractivity contribution in [2.24, 2.45) is 0 Å². The standard InChI is InChI=1S/C20H20F2O2/c21-16-8-13(9-17(22)12-16)6-7-14-10-18(23)20(19(24)11-14)15-4-2-1-3-5-15/h6-12,15,23-24H,1-5H2. The lowest BCUT2D eigenvalue weighted by Gasteiger charge is -2.23. The molecule has 24 heavy (non-hydrogen) atoms. The second kappa shape index (κ2) is 7.04. The fourth-order valence-corrected chi connectivity index (χ4v) is 3.41. The quantitative estimate of drug-likeness (QED) is 0.720. The Labute approximate surface area is 140 Å². The third kappa shape index (κ3) is 3.75. The van der Waals surface area contributed by atoms with Crippen LogP contribution in [0.2, 0.25) is 0 Å². The molecular weight excluding hydrogens is 310 g/mol. The van der Waals surface area contributed by atoms with Crippen LogP contribution >= 0.6 is 0 Å². The highest BCUT2D eigenvalue weighted by atomic mass is 19.1. The molecule has 0 saturated heterocycles. The second-order valence-corrected chi connectivity index (χ2v) is 6.34. The smallest absolute Gasteiger partial charge is 0.126 e. The van der Waals surface area contributed by atoms with Crippen molar-refractivity contribution < 1.29 is 19.0 Å². The molecule has 0 radical (unpaired) electrons. The summed E-state index contributed by atoms with van der Waals surface area (Å²) in [4.78, 5) is 0. The molecule has 126 valence electrons. The van der Waals surface area contributed by atoms with Gasteiger partial charge in [0.2, 0.25) is 0 Å². The van der Waals surface area contributed by atoms with Crippen LogP contribution in [0, 0.1) is 11.6 Å². The predicted molar refractivity (Wildman–Crippen MR) is 90.9 cm³/mol. The van der Waals surface area contributed by atoms with Gasteiger partial charge in [0.1, 0.15) is 23.1 Å². The zero-order valence-electron chi connectivity index (χ0n) is 13.3. The Morgan fingerprint density at radius 1 is 0.750 bits per heavy atom. The fourth-order valence-electron chi connectivity index (χ4n) is 3.41. The molecule has 1 fully saturated rings. The van der Waals surface area contributed by atoms with Gasteiger partial charge in [-0.3, -0.25) is 0 Å². The van der Waals surface area contributed by atoms with Crippen LogP contribution in [0.4, 0.5) is 8.78 Å². The van der Waals surface area contributed by atoms with E-state index in [1.807, 2.05) is 0 Å². The van der Waals surface area contributed by atoms with Crippen molar-refractivity contribution in [1.29, 1.82) is 0 Å². The third-order valence-corrected chi connectivity index (χ3v) is 4.53. The number of benzene rings is 2. The van der Waals surface area contributed by atoms with Crippen LogP contribution in [0.15, 0.2) is 30.3 Å². The second-order valence-electron chi connectivity index (χ2n) is 6.34. The van der Waals surface area contributed by atoms with Crippen LogP contribution in [0.3, 0.4) is 0 Å². The monoisotopic (exact) mass is 330 g/mol. The van der Waals surface area contributed by atoms with Gasteiger partial charge in [0, 0.05) is 11.6 Å². The van der Waals surface area contributed by atoms with Crippen LogP contribution in [0.5, 0.6) is 11.5 Å². The summed E-state index contributed by atoms with van der Waals surface area (Å²) in [5.74, 6) is -0.950. The maximum atomic E-state index is 13.2. The first-order valence-corrected chi connectivity index (χ1v) is 8.23. The Bertz CT molecular complexity index is 719. The molecular formula is C20H20F2O2. The molecule has 0 unspecified atom stereocenters. The summed E-state index contributed by atoms with van der Waals surface area (Å²) in [5.41, 5.74) is 1.57. The summed E-state index contributed by atoms with van der Waals surface area (Å²) < 4.78 is 26.4. The third-order valence-electron chi connectivity index (χ3n) is 4.53. The van der Waals surface area contributed by atoms with Gasteiger partial charge in [0.05, 0.1) is 0 Å². The van der Waals surface area contributed by atoms with Crippen molar-refractivity contribution in [3.05, 3.63) is 58.7 Å². The van der Waals surface area contributed by atoms with Crippen LogP contribution < -0.4 is 0 Å². The molecule has 0 aromatic heterocycles. The van der Waals surface area contributed by atoms with Crippen molar-refractivity contribution in [2.75, 3.05) is 0 Å². The molecule has 0 amide bonds. The highest BCUT2D eigenvalue weighted by Gasteiger charge is 2.22. The number of hydrogen-bond donors (Lipinski definition) is 2. The lowest BCUT2D eigenvalue weighted by atomic mass is 9.83. The van der Waals surface area contributed by atoms with Crippen molar-refractivity contribution in [2.45, 2.75) is 38.0 Å². The maximum Gasteiger partial charge on any atom is 0.126 e. The van der Waals surface area contributed by atoms with Crippen LogP contribution in [0.25, 0.3) is 12.2 Å². The van der Waals surface area contributed by atoms with E-state index in [0.29, 0.717) is 16.7 Å². The van der Waals surface area contributed by atoms with Crippen LogP contribution in [-0.2, 0) is 0 Å². The molecule has 0 bridgehead atoms. The van der Waals surface area contributed by atoms with E-state index in [-0.39, 0.29) is 17.4 Å². The van der Waals surface area contributed by atoms with Crippen LogP contribution in [-0.4, -0.2) is 10.2 Å². The Morgan fingerprint density at radius 2 is 1.25 bits per heavy atom. The summed E-state index contributed by atoms with van der Waals surface area (Å²) in [7, 11) is 0. The largest absolute Gasteiger partial charge is 0.507 e. The van der Waals surface area contributed by atoms with Gasteiger partial charge in [0.15, 0.2) is 0 Å². The minimum atomic E-state index is -0.645. The maximum absolute atomic E-state index is 13.2. The Balaban J connectivity index is 1.85. The van der Waals surface area contributed by atoms with E-state index < -0.39 is 11.6 Å². The molecule has 2 N–H and O–H groups in total. The Kier molecular flexibility index (Phi) is 4.84. The molecule has 0 aliphatic heterocycles. The first-order chi connectivity index (χ1) is 11.5. The molecule has 2 aromatic carbocycles. The summed E-state index contributed by atoms with van der Waals surface area (Å²) >= 11 is 0. The summed E-state index contributed by atoms with van der Waals surface area (Å²) in [6.07, 6.45) is 8.51. The van der Waals surface area contributed by atoms with Crippen LogP contribution in [0.1, 0.15) is 54.7 Å². The topological polar surface area (TPSA) is 40.5 Å². The Hall–Kier alpha value is -2.36. The highest BCUT2D eigenvalue weighted by Crippen LogP contribution is 2.42. The molecule has 4 heteroatoms. The van der Waals surface area contributed by atoms with Gasteiger partial charge in [-0.25, -0.2) is 8.78 Å². The van der Waals surface area contributed by atoms with Crippen molar-refractivity contribution in [3.63, 3.8) is 0 Å². The number of halogens is 2. The lowest BCUT2D eigenvalue weighted by molar-refractivity contribution is 0.389. The summed E-state index contributed by atoms with van der Waals surface area (Å²) in [6.45, 7) is 0. The normalized spacial score (nSPS) is 15.9.